The van der Waals surface area contributed by atoms with Crippen LogP contribution in [0.3, 0.4) is 0 Å². The Morgan fingerprint density at radius 3 is 2.10 bits per heavy atom. The highest BCUT2D eigenvalue weighted by Crippen LogP contribution is 2.25. The van der Waals surface area contributed by atoms with Gasteiger partial charge in [-0.2, -0.15) is 0 Å². The van der Waals surface area contributed by atoms with Crippen molar-refractivity contribution in [3.63, 3.8) is 0 Å². The van der Waals surface area contributed by atoms with Crippen molar-refractivity contribution in [1.82, 2.24) is 10.3 Å². The maximum absolute atomic E-state index is 4.87. The lowest BCUT2D eigenvalue weighted by Crippen LogP contribution is -2.35. The van der Waals surface area contributed by atoms with Crippen molar-refractivity contribution in [2.24, 2.45) is 0 Å². The van der Waals surface area contributed by atoms with Gasteiger partial charge in [-0.25, -0.2) is 4.98 Å². The lowest BCUT2D eigenvalue weighted by atomic mass is 9.90. The molecule has 1 rings (SSSR count). The summed E-state index contributed by atoms with van der Waals surface area (Å²) in [6.45, 7) is 18.5. The summed E-state index contributed by atoms with van der Waals surface area (Å²) in [4.78, 5) is 7.10. The van der Waals surface area contributed by atoms with E-state index in [2.05, 4.69) is 84.8 Å². The molecule has 3 nitrogen and oxygen atoms in total. The molecular weight excluding hydrogens is 258 g/mol. The van der Waals surface area contributed by atoms with E-state index in [1.54, 1.807) is 0 Å². The van der Waals surface area contributed by atoms with Crippen LogP contribution in [0.4, 0.5) is 5.82 Å². The molecule has 1 aromatic rings. The van der Waals surface area contributed by atoms with Gasteiger partial charge >= 0.3 is 0 Å². The molecule has 0 saturated heterocycles. The van der Waals surface area contributed by atoms with Crippen LogP contribution in [0.5, 0.6) is 0 Å². The topological polar surface area (TPSA) is 28.2 Å². The number of hydrogen-bond donors (Lipinski definition) is 1. The molecule has 0 aromatic carbocycles. The second-order valence-electron chi connectivity index (χ2n) is 8.28. The number of nitrogens with zero attached hydrogens (tertiary/aromatic N) is 2. The number of nitrogens with one attached hydrogen (secondary N) is 1. The SMILES string of the molecule is CC(C)N(C)c1cc(CNC(C)(C)C)cc(C(C)(C)C)n1. The van der Waals surface area contributed by atoms with Crippen molar-refractivity contribution >= 4 is 5.82 Å². The van der Waals surface area contributed by atoms with Gasteiger partial charge in [0, 0.05) is 36.3 Å². The molecule has 3 heteroatoms. The second kappa shape index (κ2) is 6.35. The van der Waals surface area contributed by atoms with Gasteiger partial charge in [-0.3, -0.25) is 0 Å². The fraction of sp³-hybridized carbons (Fsp3) is 0.722. The van der Waals surface area contributed by atoms with Crippen molar-refractivity contribution < 1.29 is 0 Å². The van der Waals surface area contributed by atoms with Crippen LogP contribution in [0, 0.1) is 0 Å². The van der Waals surface area contributed by atoms with E-state index in [-0.39, 0.29) is 11.0 Å². The summed E-state index contributed by atoms with van der Waals surface area (Å²) in [6.07, 6.45) is 0. The zero-order chi connectivity index (χ0) is 16.4. The van der Waals surface area contributed by atoms with Crippen LogP contribution in [0.2, 0.25) is 0 Å². The molecular formula is C18H33N3. The summed E-state index contributed by atoms with van der Waals surface area (Å²) in [5.74, 6) is 1.06. The highest BCUT2D eigenvalue weighted by molar-refractivity contribution is 5.44. The number of anilines is 1. The number of aromatic nitrogens is 1. The molecule has 21 heavy (non-hydrogen) atoms. The maximum Gasteiger partial charge on any atom is 0.129 e. The second-order valence-corrected chi connectivity index (χ2v) is 8.28. The standard InChI is InChI=1S/C18H33N3/c1-13(2)21(9)16-11-14(12-19-18(6,7)8)10-15(20-16)17(3,4)5/h10-11,13,19H,12H2,1-9H3. The van der Waals surface area contributed by atoms with Crippen LogP contribution in [-0.2, 0) is 12.0 Å². The lowest BCUT2D eigenvalue weighted by Gasteiger charge is -2.27. The first-order valence-corrected chi connectivity index (χ1v) is 7.89. The van der Waals surface area contributed by atoms with Gasteiger partial charge in [-0.15, -0.1) is 0 Å². The molecule has 0 fully saturated rings. The van der Waals surface area contributed by atoms with Gasteiger partial charge < -0.3 is 10.2 Å². The summed E-state index contributed by atoms with van der Waals surface area (Å²) < 4.78 is 0. The molecule has 0 spiro atoms. The van der Waals surface area contributed by atoms with Crippen molar-refractivity contribution in [3.05, 3.63) is 23.4 Å². The normalized spacial score (nSPS) is 12.9. The first kappa shape index (κ1) is 18.0. The molecule has 1 N–H and O–H groups in total. The molecule has 1 heterocycles. The van der Waals surface area contributed by atoms with Gasteiger partial charge in [0.1, 0.15) is 5.82 Å². The van der Waals surface area contributed by atoms with E-state index in [1.807, 2.05) is 0 Å². The minimum atomic E-state index is 0.0598. The molecule has 0 aliphatic rings. The molecule has 0 radical (unpaired) electrons. The van der Waals surface area contributed by atoms with Gasteiger partial charge in [0.05, 0.1) is 0 Å². The van der Waals surface area contributed by atoms with Crippen LogP contribution in [0.15, 0.2) is 12.1 Å². The smallest absolute Gasteiger partial charge is 0.129 e. The van der Waals surface area contributed by atoms with E-state index in [0.717, 1.165) is 18.1 Å². The average molecular weight is 291 g/mol. The lowest BCUT2D eigenvalue weighted by molar-refractivity contribution is 0.423. The Morgan fingerprint density at radius 2 is 1.67 bits per heavy atom. The van der Waals surface area contributed by atoms with Gasteiger partial charge in [0.15, 0.2) is 0 Å². The molecule has 0 aliphatic carbocycles. The third-order valence-corrected chi connectivity index (χ3v) is 3.60. The Bertz CT molecular complexity index is 464. The molecule has 0 atom stereocenters. The Morgan fingerprint density at radius 1 is 1.10 bits per heavy atom. The van der Waals surface area contributed by atoms with Crippen LogP contribution in [0.1, 0.15) is 66.6 Å². The van der Waals surface area contributed by atoms with Gasteiger partial charge in [0.25, 0.3) is 0 Å². The molecule has 0 unspecified atom stereocenters. The van der Waals surface area contributed by atoms with Crippen LogP contribution >= 0.6 is 0 Å². The van der Waals surface area contributed by atoms with Gasteiger partial charge in [0.2, 0.25) is 0 Å². The Balaban J connectivity index is 3.15. The molecule has 0 bridgehead atoms. The van der Waals surface area contributed by atoms with E-state index >= 15 is 0 Å². The summed E-state index contributed by atoms with van der Waals surface area (Å²) in [6, 6.07) is 4.88. The largest absolute Gasteiger partial charge is 0.357 e. The first-order valence-electron chi connectivity index (χ1n) is 7.89. The van der Waals surface area contributed by atoms with Crippen LogP contribution in [-0.4, -0.2) is 23.6 Å². The number of rotatable bonds is 4. The van der Waals surface area contributed by atoms with Crippen molar-refractivity contribution in [1.29, 1.82) is 0 Å². The Kier molecular flexibility index (Phi) is 5.43. The fourth-order valence-electron chi connectivity index (χ4n) is 1.87. The van der Waals surface area contributed by atoms with E-state index < -0.39 is 0 Å². The highest BCUT2D eigenvalue weighted by atomic mass is 15.2. The van der Waals surface area contributed by atoms with E-state index in [4.69, 9.17) is 4.98 Å². The molecule has 0 saturated carbocycles. The minimum Gasteiger partial charge on any atom is -0.357 e. The minimum absolute atomic E-state index is 0.0598. The van der Waals surface area contributed by atoms with Crippen molar-refractivity contribution in [2.45, 2.75) is 78.9 Å². The van der Waals surface area contributed by atoms with E-state index in [9.17, 15) is 0 Å². The molecule has 120 valence electrons. The highest BCUT2D eigenvalue weighted by Gasteiger charge is 2.19. The fourth-order valence-corrected chi connectivity index (χ4v) is 1.87. The third kappa shape index (κ3) is 5.66. The van der Waals surface area contributed by atoms with Gasteiger partial charge in [-0.1, -0.05) is 20.8 Å². The van der Waals surface area contributed by atoms with Crippen LogP contribution < -0.4 is 10.2 Å². The predicted octanol–water partition coefficient (Wildman–Crippen LogP) is 4.11. The van der Waals surface area contributed by atoms with E-state index in [1.165, 1.54) is 5.56 Å². The Hall–Kier alpha value is -1.09. The number of hydrogen-bond acceptors (Lipinski definition) is 3. The van der Waals surface area contributed by atoms with Crippen molar-refractivity contribution in [2.75, 3.05) is 11.9 Å². The monoisotopic (exact) mass is 291 g/mol. The zero-order valence-corrected chi connectivity index (χ0v) is 15.3. The van der Waals surface area contributed by atoms with Crippen molar-refractivity contribution in [3.8, 4) is 0 Å². The molecule has 0 aliphatic heterocycles. The van der Waals surface area contributed by atoms with E-state index in [0.29, 0.717) is 6.04 Å². The molecule has 1 aromatic heterocycles. The predicted molar refractivity (Wildman–Crippen MR) is 93.1 cm³/mol. The quantitative estimate of drug-likeness (QED) is 0.905. The molecule has 0 amide bonds. The first-order chi connectivity index (χ1) is 9.40. The summed E-state index contributed by atoms with van der Waals surface area (Å²) in [5, 5.41) is 3.57. The summed E-state index contributed by atoms with van der Waals surface area (Å²) >= 11 is 0. The van der Waals surface area contributed by atoms with Crippen LogP contribution in [0.25, 0.3) is 0 Å². The van der Waals surface area contributed by atoms with Gasteiger partial charge in [-0.05, 0) is 52.3 Å². The Labute approximate surface area is 131 Å². The summed E-state index contributed by atoms with van der Waals surface area (Å²) in [5.41, 5.74) is 2.63. The maximum atomic E-state index is 4.87. The zero-order valence-electron chi connectivity index (χ0n) is 15.3. The summed E-state index contributed by atoms with van der Waals surface area (Å²) in [7, 11) is 2.11. The number of pyridine rings is 1. The average Bonchev–Trinajstić information content (AvgIpc) is 2.33. The third-order valence-electron chi connectivity index (χ3n) is 3.60.